The van der Waals surface area contributed by atoms with Crippen molar-refractivity contribution in [3.8, 4) is 0 Å². The number of methoxy groups -OCH3 is 1. The van der Waals surface area contributed by atoms with Gasteiger partial charge < -0.3 is 4.74 Å². The van der Waals surface area contributed by atoms with E-state index in [0.717, 1.165) is 6.61 Å². The summed E-state index contributed by atoms with van der Waals surface area (Å²) in [6.07, 6.45) is 0. The van der Waals surface area contributed by atoms with Gasteiger partial charge in [0.15, 0.2) is 0 Å². The van der Waals surface area contributed by atoms with Gasteiger partial charge in [-0.15, -0.1) is 0 Å². The first-order valence-electron chi connectivity index (χ1n) is 5.23. The Morgan fingerprint density at radius 3 is 1.29 bits per heavy atom. The normalized spacial score (nSPS) is 7.86. The SMILES string of the molecule is CC.CCOC.Cc1ccc(C)cc1. The second-order valence-electron chi connectivity index (χ2n) is 2.73. The average Bonchev–Trinajstić information content (AvgIpc) is 2.26. The Hall–Kier alpha value is -0.820. The Bertz CT molecular complexity index is 166. The lowest BCUT2D eigenvalue weighted by Crippen LogP contribution is -1.73. The molecule has 1 aromatic rings. The molecule has 0 radical (unpaired) electrons. The first-order chi connectivity index (χ1) is 6.70. The number of ether oxygens (including phenoxy) is 1. The molecule has 1 nitrogen and oxygen atoms in total. The molecular formula is C13H24O. The summed E-state index contributed by atoms with van der Waals surface area (Å²) in [5.41, 5.74) is 2.66. The summed E-state index contributed by atoms with van der Waals surface area (Å²) in [5, 5.41) is 0. The minimum Gasteiger partial charge on any atom is -0.385 e. The fourth-order valence-electron chi connectivity index (χ4n) is 0.637. The van der Waals surface area contributed by atoms with Crippen LogP contribution in [0.15, 0.2) is 24.3 Å². The van der Waals surface area contributed by atoms with Gasteiger partial charge in [-0.25, -0.2) is 0 Å². The first-order valence-corrected chi connectivity index (χ1v) is 5.23. The summed E-state index contributed by atoms with van der Waals surface area (Å²) in [5.74, 6) is 0. The van der Waals surface area contributed by atoms with Crippen molar-refractivity contribution in [3.63, 3.8) is 0 Å². The first kappa shape index (κ1) is 15.6. The monoisotopic (exact) mass is 196 g/mol. The molecule has 0 fully saturated rings. The predicted molar refractivity (Wildman–Crippen MR) is 64.8 cm³/mol. The Morgan fingerprint density at radius 1 is 0.929 bits per heavy atom. The lowest BCUT2D eigenvalue weighted by molar-refractivity contribution is 0.215. The maximum absolute atomic E-state index is 4.54. The van der Waals surface area contributed by atoms with Crippen LogP contribution >= 0.6 is 0 Å². The Labute approximate surface area is 89.1 Å². The van der Waals surface area contributed by atoms with Gasteiger partial charge in [0.05, 0.1) is 0 Å². The van der Waals surface area contributed by atoms with Gasteiger partial charge in [0.1, 0.15) is 0 Å². The van der Waals surface area contributed by atoms with Crippen LogP contribution in [0.25, 0.3) is 0 Å². The van der Waals surface area contributed by atoms with Gasteiger partial charge in [-0.3, -0.25) is 0 Å². The minimum atomic E-state index is 0.819. The van der Waals surface area contributed by atoms with Gasteiger partial charge in [0, 0.05) is 13.7 Å². The van der Waals surface area contributed by atoms with E-state index >= 15 is 0 Å². The minimum absolute atomic E-state index is 0.819. The molecule has 0 aromatic heterocycles. The summed E-state index contributed by atoms with van der Waals surface area (Å²) >= 11 is 0. The van der Waals surface area contributed by atoms with Crippen molar-refractivity contribution in [3.05, 3.63) is 35.4 Å². The highest BCUT2D eigenvalue weighted by Gasteiger charge is 1.79. The summed E-state index contributed by atoms with van der Waals surface area (Å²) in [6.45, 7) is 11.0. The molecule has 14 heavy (non-hydrogen) atoms. The van der Waals surface area contributed by atoms with Crippen LogP contribution in [0, 0.1) is 13.8 Å². The third kappa shape index (κ3) is 11.2. The molecular weight excluding hydrogens is 172 g/mol. The van der Waals surface area contributed by atoms with E-state index in [9.17, 15) is 0 Å². The molecule has 1 aromatic carbocycles. The molecule has 1 heteroatoms. The molecule has 0 unspecified atom stereocenters. The third-order valence-corrected chi connectivity index (χ3v) is 1.51. The molecule has 0 amide bonds. The van der Waals surface area contributed by atoms with E-state index in [0.29, 0.717) is 0 Å². The van der Waals surface area contributed by atoms with Gasteiger partial charge in [0.25, 0.3) is 0 Å². The van der Waals surface area contributed by atoms with Gasteiger partial charge in [-0.05, 0) is 20.8 Å². The van der Waals surface area contributed by atoms with Crippen LogP contribution in [0.3, 0.4) is 0 Å². The van der Waals surface area contributed by atoms with Crippen LogP contribution in [0.2, 0.25) is 0 Å². The second kappa shape index (κ2) is 12.2. The molecule has 1 rings (SSSR count). The molecule has 82 valence electrons. The van der Waals surface area contributed by atoms with Crippen molar-refractivity contribution >= 4 is 0 Å². The van der Waals surface area contributed by atoms with Crippen LogP contribution in [-0.2, 0) is 4.74 Å². The van der Waals surface area contributed by atoms with Crippen molar-refractivity contribution < 1.29 is 4.74 Å². The number of aryl methyl sites for hydroxylation is 2. The van der Waals surface area contributed by atoms with Gasteiger partial charge in [-0.1, -0.05) is 49.2 Å². The standard InChI is InChI=1S/C8H10.C3H8O.C2H6/c1-7-3-5-8(2)6-4-7;1-3-4-2;1-2/h3-6H,1-2H3;3H2,1-2H3;1-2H3. The zero-order valence-electron chi connectivity index (χ0n) is 10.4. The van der Waals surface area contributed by atoms with Crippen molar-refractivity contribution in [2.75, 3.05) is 13.7 Å². The molecule has 0 atom stereocenters. The van der Waals surface area contributed by atoms with Crippen LogP contribution in [0.5, 0.6) is 0 Å². The van der Waals surface area contributed by atoms with E-state index in [2.05, 4.69) is 42.8 Å². The number of rotatable bonds is 1. The summed E-state index contributed by atoms with van der Waals surface area (Å²) < 4.78 is 4.54. The molecule has 0 aliphatic rings. The molecule has 0 spiro atoms. The molecule has 0 bridgehead atoms. The van der Waals surface area contributed by atoms with E-state index in [1.807, 2.05) is 20.8 Å². The quantitative estimate of drug-likeness (QED) is 0.660. The maximum Gasteiger partial charge on any atom is 0.0433 e. The Balaban J connectivity index is 0. The van der Waals surface area contributed by atoms with E-state index in [-0.39, 0.29) is 0 Å². The van der Waals surface area contributed by atoms with Crippen LogP contribution < -0.4 is 0 Å². The molecule has 0 N–H and O–H groups in total. The van der Waals surface area contributed by atoms with Gasteiger partial charge in [0.2, 0.25) is 0 Å². The average molecular weight is 196 g/mol. The van der Waals surface area contributed by atoms with E-state index in [1.165, 1.54) is 11.1 Å². The summed E-state index contributed by atoms with van der Waals surface area (Å²) in [4.78, 5) is 0. The van der Waals surface area contributed by atoms with Gasteiger partial charge >= 0.3 is 0 Å². The summed E-state index contributed by atoms with van der Waals surface area (Å²) in [6, 6.07) is 8.48. The van der Waals surface area contributed by atoms with E-state index in [4.69, 9.17) is 0 Å². The predicted octanol–water partition coefficient (Wildman–Crippen LogP) is 3.98. The largest absolute Gasteiger partial charge is 0.385 e. The highest BCUT2D eigenvalue weighted by Crippen LogP contribution is 1.99. The van der Waals surface area contributed by atoms with Crippen molar-refractivity contribution in [1.82, 2.24) is 0 Å². The smallest absolute Gasteiger partial charge is 0.0433 e. The van der Waals surface area contributed by atoms with Crippen molar-refractivity contribution in [1.29, 1.82) is 0 Å². The zero-order valence-corrected chi connectivity index (χ0v) is 10.4. The van der Waals surface area contributed by atoms with E-state index in [1.54, 1.807) is 7.11 Å². The molecule has 0 aliphatic carbocycles. The highest BCUT2D eigenvalue weighted by atomic mass is 16.5. The number of hydrogen-bond donors (Lipinski definition) is 0. The number of hydrogen-bond acceptors (Lipinski definition) is 1. The molecule has 0 saturated heterocycles. The fourth-order valence-corrected chi connectivity index (χ4v) is 0.637. The topological polar surface area (TPSA) is 9.23 Å². The maximum atomic E-state index is 4.54. The molecule has 0 heterocycles. The zero-order chi connectivity index (χ0) is 11.4. The second-order valence-corrected chi connectivity index (χ2v) is 2.73. The van der Waals surface area contributed by atoms with Crippen molar-refractivity contribution in [2.24, 2.45) is 0 Å². The molecule has 0 aliphatic heterocycles. The fraction of sp³-hybridized carbons (Fsp3) is 0.538. The summed E-state index contributed by atoms with van der Waals surface area (Å²) in [7, 11) is 1.68. The Kier molecular flexibility index (Phi) is 13.6. The van der Waals surface area contributed by atoms with Crippen LogP contribution in [0.4, 0.5) is 0 Å². The lowest BCUT2D eigenvalue weighted by Gasteiger charge is -1.90. The van der Waals surface area contributed by atoms with Crippen LogP contribution in [-0.4, -0.2) is 13.7 Å². The molecule has 0 saturated carbocycles. The Morgan fingerprint density at radius 2 is 1.14 bits per heavy atom. The van der Waals surface area contributed by atoms with Gasteiger partial charge in [-0.2, -0.15) is 0 Å². The lowest BCUT2D eigenvalue weighted by atomic mass is 10.2. The number of benzene rings is 1. The third-order valence-electron chi connectivity index (χ3n) is 1.51. The highest BCUT2D eigenvalue weighted by molar-refractivity contribution is 5.19. The van der Waals surface area contributed by atoms with E-state index < -0.39 is 0 Å². The van der Waals surface area contributed by atoms with Crippen LogP contribution in [0.1, 0.15) is 31.9 Å². The van der Waals surface area contributed by atoms with Crippen molar-refractivity contribution in [2.45, 2.75) is 34.6 Å².